The van der Waals surface area contributed by atoms with Crippen LogP contribution in [0.1, 0.15) is 32.8 Å². The fourth-order valence-electron chi connectivity index (χ4n) is 1.36. The van der Waals surface area contributed by atoms with Gasteiger partial charge in [-0.1, -0.05) is 26.0 Å². The zero-order chi connectivity index (χ0) is 12.7. The van der Waals surface area contributed by atoms with Crippen molar-refractivity contribution < 1.29 is 9.84 Å². The molecule has 0 aliphatic rings. The Morgan fingerprint density at radius 2 is 2.12 bits per heavy atom. The molecular weight excluding hydrogens is 214 g/mol. The van der Waals surface area contributed by atoms with Crippen LogP contribution in [0.3, 0.4) is 0 Å². The van der Waals surface area contributed by atoms with E-state index in [0.29, 0.717) is 13.0 Å². The van der Waals surface area contributed by atoms with E-state index < -0.39 is 5.60 Å². The minimum Gasteiger partial charge on any atom is -0.491 e. The van der Waals surface area contributed by atoms with Crippen LogP contribution in [0.15, 0.2) is 24.3 Å². The van der Waals surface area contributed by atoms with Crippen LogP contribution >= 0.6 is 0 Å². The van der Waals surface area contributed by atoms with Gasteiger partial charge in [0, 0.05) is 6.54 Å². The lowest BCUT2D eigenvalue weighted by Gasteiger charge is -2.21. The van der Waals surface area contributed by atoms with Crippen molar-refractivity contribution in [2.45, 2.75) is 39.3 Å². The van der Waals surface area contributed by atoms with Crippen LogP contribution < -0.4 is 10.1 Å². The summed E-state index contributed by atoms with van der Waals surface area (Å²) in [7, 11) is 0. The lowest BCUT2D eigenvalue weighted by molar-refractivity contribution is 0.00844. The SMILES string of the molecule is CCNCc1cccc(OCC(C)(O)CC)c1. The lowest BCUT2D eigenvalue weighted by atomic mass is 10.1. The number of aliphatic hydroxyl groups is 1. The smallest absolute Gasteiger partial charge is 0.119 e. The highest BCUT2D eigenvalue weighted by Crippen LogP contribution is 2.16. The highest BCUT2D eigenvalue weighted by molar-refractivity contribution is 5.28. The molecule has 0 saturated carbocycles. The van der Waals surface area contributed by atoms with Crippen molar-refractivity contribution in [1.29, 1.82) is 0 Å². The molecule has 3 nitrogen and oxygen atoms in total. The second kappa shape index (κ2) is 6.62. The standard InChI is InChI=1S/C14H23NO2/c1-4-14(3,16)11-17-13-8-6-7-12(9-13)10-15-5-2/h6-9,15-16H,4-5,10-11H2,1-3H3. The van der Waals surface area contributed by atoms with Gasteiger partial charge in [0.15, 0.2) is 0 Å². The molecule has 0 bridgehead atoms. The largest absolute Gasteiger partial charge is 0.491 e. The molecule has 0 fully saturated rings. The first-order chi connectivity index (χ1) is 8.07. The monoisotopic (exact) mass is 237 g/mol. The van der Waals surface area contributed by atoms with Gasteiger partial charge in [-0.15, -0.1) is 0 Å². The van der Waals surface area contributed by atoms with Crippen molar-refractivity contribution in [2.75, 3.05) is 13.2 Å². The Bertz CT molecular complexity index is 337. The van der Waals surface area contributed by atoms with Gasteiger partial charge >= 0.3 is 0 Å². The first-order valence-corrected chi connectivity index (χ1v) is 6.22. The minimum absolute atomic E-state index is 0.328. The molecule has 2 N–H and O–H groups in total. The fraction of sp³-hybridized carbons (Fsp3) is 0.571. The quantitative estimate of drug-likeness (QED) is 0.765. The van der Waals surface area contributed by atoms with E-state index in [1.165, 1.54) is 5.56 Å². The number of rotatable bonds is 7. The summed E-state index contributed by atoms with van der Waals surface area (Å²) in [5.41, 5.74) is 0.443. The molecule has 1 atom stereocenters. The van der Waals surface area contributed by atoms with Gasteiger partial charge in [-0.25, -0.2) is 0 Å². The molecule has 0 heterocycles. The van der Waals surface area contributed by atoms with Crippen LogP contribution in [-0.4, -0.2) is 23.9 Å². The molecule has 0 aromatic heterocycles. The number of hydrogen-bond acceptors (Lipinski definition) is 3. The molecule has 0 spiro atoms. The maximum atomic E-state index is 9.86. The first-order valence-electron chi connectivity index (χ1n) is 6.22. The Morgan fingerprint density at radius 3 is 2.76 bits per heavy atom. The molecule has 0 aliphatic carbocycles. The zero-order valence-electron chi connectivity index (χ0n) is 11.0. The highest BCUT2D eigenvalue weighted by Gasteiger charge is 2.18. The summed E-state index contributed by atoms with van der Waals surface area (Å²) >= 11 is 0. The van der Waals surface area contributed by atoms with E-state index >= 15 is 0 Å². The molecule has 3 heteroatoms. The average Bonchev–Trinajstić information content (AvgIpc) is 2.35. The lowest BCUT2D eigenvalue weighted by Crippen LogP contribution is -2.31. The minimum atomic E-state index is -0.752. The molecule has 17 heavy (non-hydrogen) atoms. The van der Waals surface area contributed by atoms with E-state index in [2.05, 4.69) is 18.3 Å². The summed E-state index contributed by atoms with van der Waals surface area (Å²) < 4.78 is 5.60. The summed E-state index contributed by atoms with van der Waals surface area (Å²) in [6.45, 7) is 7.95. The van der Waals surface area contributed by atoms with Gasteiger partial charge in [-0.05, 0) is 37.6 Å². The van der Waals surface area contributed by atoms with Crippen molar-refractivity contribution in [1.82, 2.24) is 5.32 Å². The summed E-state index contributed by atoms with van der Waals surface area (Å²) in [4.78, 5) is 0. The van der Waals surface area contributed by atoms with Crippen molar-refractivity contribution in [3.8, 4) is 5.75 Å². The molecule has 1 unspecified atom stereocenters. The van der Waals surface area contributed by atoms with Gasteiger partial charge in [0.05, 0.1) is 5.60 Å². The van der Waals surface area contributed by atoms with E-state index in [1.54, 1.807) is 6.92 Å². The van der Waals surface area contributed by atoms with E-state index in [1.807, 2.05) is 25.1 Å². The summed E-state index contributed by atoms with van der Waals surface area (Å²) in [6, 6.07) is 7.96. The van der Waals surface area contributed by atoms with Gasteiger partial charge in [0.1, 0.15) is 12.4 Å². The molecule has 1 rings (SSSR count). The molecule has 1 aromatic carbocycles. The second-order valence-corrected chi connectivity index (χ2v) is 4.57. The molecule has 0 amide bonds. The summed E-state index contributed by atoms with van der Waals surface area (Å²) in [5.74, 6) is 0.814. The predicted octanol–water partition coefficient (Wildman–Crippen LogP) is 2.34. The third-order valence-electron chi connectivity index (χ3n) is 2.79. The Morgan fingerprint density at radius 1 is 1.35 bits per heavy atom. The summed E-state index contributed by atoms with van der Waals surface area (Å²) in [6.07, 6.45) is 0.685. The number of benzene rings is 1. The molecule has 0 aliphatic heterocycles. The highest BCUT2D eigenvalue weighted by atomic mass is 16.5. The Balaban J connectivity index is 2.53. The van der Waals surface area contributed by atoms with Crippen LogP contribution in [0.25, 0.3) is 0 Å². The average molecular weight is 237 g/mol. The maximum absolute atomic E-state index is 9.86. The molecule has 0 saturated heterocycles. The van der Waals surface area contributed by atoms with Gasteiger partial charge in [-0.2, -0.15) is 0 Å². The van der Waals surface area contributed by atoms with Gasteiger partial charge < -0.3 is 15.2 Å². The fourth-order valence-corrected chi connectivity index (χ4v) is 1.36. The van der Waals surface area contributed by atoms with Crippen LogP contribution in [0.5, 0.6) is 5.75 Å². The maximum Gasteiger partial charge on any atom is 0.119 e. The topological polar surface area (TPSA) is 41.5 Å². The third kappa shape index (κ3) is 5.20. The van der Waals surface area contributed by atoms with Crippen LogP contribution in [-0.2, 0) is 6.54 Å². The second-order valence-electron chi connectivity index (χ2n) is 4.57. The third-order valence-corrected chi connectivity index (χ3v) is 2.79. The molecule has 0 radical (unpaired) electrons. The van der Waals surface area contributed by atoms with Crippen molar-refractivity contribution >= 4 is 0 Å². The predicted molar refractivity (Wildman–Crippen MR) is 70.2 cm³/mol. The number of nitrogens with one attached hydrogen (secondary N) is 1. The van der Waals surface area contributed by atoms with Gasteiger partial charge in [-0.3, -0.25) is 0 Å². The van der Waals surface area contributed by atoms with E-state index in [0.717, 1.165) is 18.8 Å². The number of hydrogen-bond donors (Lipinski definition) is 2. The van der Waals surface area contributed by atoms with E-state index in [-0.39, 0.29) is 0 Å². The molecule has 96 valence electrons. The Kier molecular flexibility index (Phi) is 5.45. The van der Waals surface area contributed by atoms with Gasteiger partial charge in [0.2, 0.25) is 0 Å². The van der Waals surface area contributed by atoms with Crippen molar-refractivity contribution in [3.63, 3.8) is 0 Å². The van der Waals surface area contributed by atoms with Crippen molar-refractivity contribution in [3.05, 3.63) is 29.8 Å². The van der Waals surface area contributed by atoms with Crippen LogP contribution in [0.4, 0.5) is 0 Å². The number of ether oxygens (including phenoxy) is 1. The normalized spacial score (nSPS) is 14.4. The molecular formula is C14H23NO2. The first kappa shape index (κ1) is 14.0. The molecule has 1 aromatic rings. The van der Waals surface area contributed by atoms with Gasteiger partial charge in [0.25, 0.3) is 0 Å². The van der Waals surface area contributed by atoms with Crippen LogP contribution in [0.2, 0.25) is 0 Å². The zero-order valence-corrected chi connectivity index (χ0v) is 11.0. The van der Waals surface area contributed by atoms with E-state index in [9.17, 15) is 5.11 Å². The Labute approximate surface area is 104 Å². The Hall–Kier alpha value is -1.06. The summed E-state index contributed by atoms with van der Waals surface area (Å²) in [5, 5.41) is 13.1. The van der Waals surface area contributed by atoms with E-state index in [4.69, 9.17) is 4.74 Å². The van der Waals surface area contributed by atoms with Crippen LogP contribution in [0, 0.1) is 0 Å². The van der Waals surface area contributed by atoms with Crippen molar-refractivity contribution in [2.24, 2.45) is 0 Å².